The number of hydrogen-bond acceptors (Lipinski definition) is 4. The molecule has 0 unspecified atom stereocenters. The molecule has 1 saturated carbocycles. The lowest BCUT2D eigenvalue weighted by Gasteiger charge is -2.30. The average Bonchev–Trinajstić information content (AvgIpc) is 3.26. The minimum atomic E-state index is -0.605. The van der Waals surface area contributed by atoms with Gasteiger partial charge in [0.05, 0.1) is 5.02 Å². The second-order valence-corrected chi connectivity index (χ2v) is 8.98. The summed E-state index contributed by atoms with van der Waals surface area (Å²) in [6.45, 7) is 1.93. The van der Waals surface area contributed by atoms with E-state index < -0.39 is 6.04 Å². The number of pyridine rings is 1. The predicted octanol–water partition coefficient (Wildman–Crippen LogP) is 4.76. The zero-order valence-corrected chi connectivity index (χ0v) is 19.6. The Morgan fingerprint density at radius 2 is 1.85 bits per heavy atom. The van der Waals surface area contributed by atoms with E-state index in [4.69, 9.17) is 11.6 Å². The molecule has 172 valence electrons. The van der Waals surface area contributed by atoms with Gasteiger partial charge in [0.25, 0.3) is 5.91 Å². The van der Waals surface area contributed by atoms with Crippen molar-refractivity contribution in [1.82, 2.24) is 20.1 Å². The van der Waals surface area contributed by atoms with E-state index in [1.807, 2.05) is 37.3 Å². The SMILES string of the molecule is Cc1ncc(Cl)cc1-c1ccc(NC(=O)[C@@H](NC(=O)c2ccnn2C)C2CCCCC2)cc1. The Bertz CT molecular complexity index is 1140. The van der Waals surface area contributed by atoms with E-state index in [1.165, 1.54) is 11.1 Å². The molecule has 33 heavy (non-hydrogen) atoms. The van der Waals surface area contributed by atoms with Gasteiger partial charge < -0.3 is 10.6 Å². The van der Waals surface area contributed by atoms with Crippen LogP contribution in [-0.2, 0) is 11.8 Å². The van der Waals surface area contributed by atoms with E-state index in [0.29, 0.717) is 16.4 Å². The predicted molar refractivity (Wildman–Crippen MR) is 129 cm³/mol. The number of carbonyl (C=O) groups is 2. The quantitative estimate of drug-likeness (QED) is 0.549. The fraction of sp³-hybridized carbons (Fsp3) is 0.360. The van der Waals surface area contributed by atoms with Crippen LogP contribution < -0.4 is 10.6 Å². The van der Waals surface area contributed by atoms with Gasteiger partial charge in [-0.25, -0.2) is 0 Å². The topological polar surface area (TPSA) is 88.9 Å². The van der Waals surface area contributed by atoms with Gasteiger partial charge in [-0.3, -0.25) is 19.3 Å². The number of nitrogens with zero attached hydrogens (tertiary/aromatic N) is 3. The number of hydrogen-bond donors (Lipinski definition) is 2. The molecule has 1 aliphatic rings. The maximum absolute atomic E-state index is 13.3. The van der Waals surface area contributed by atoms with Crippen molar-refractivity contribution < 1.29 is 9.59 Å². The molecule has 7 nitrogen and oxygen atoms in total. The molecule has 0 bridgehead atoms. The van der Waals surface area contributed by atoms with Crippen molar-refractivity contribution >= 4 is 29.1 Å². The maximum atomic E-state index is 13.3. The molecule has 2 heterocycles. The van der Waals surface area contributed by atoms with Crippen molar-refractivity contribution in [3.8, 4) is 11.1 Å². The fourth-order valence-electron chi connectivity index (χ4n) is 4.43. The minimum absolute atomic E-state index is 0.107. The molecule has 1 aliphatic carbocycles. The van der Waals surface area contributed by atoms with Gasteiger partial charge in [0.1, 0.15) is 11.7 Å². The number of nitrogens with one attached hydrogen (secondary N) is 2. The van der Waals surface area contributed by atoms with Gasteiger partial charge in [0.15, 0.2) is 0 Å². The van der Waals surface area contributed by atoms with Crippen LogP contribution in [0.3, 0.4) is 0 Å². The Morgan fingerprint density at radius 1 is 1.12 bits per heavy atom. The number of benzene rings is 1. The van der Waals surface area contributed by atoms with Crippen LogP contribution in [0.4, 0.5) is 5.69 Å². The largest absolute Gasteiger partial charge is 0.339 e. The average molecular weight is 466 g/mol. The molecular weight excluding hydrogens is 438 g/mol. The highest BCUT2D eigenvalue weighted by Gasteiger charge is 2.31. The van der Waals surface area contributed by atoms with E-state index in [9.17, 15) is 9.59 Å². The Balaban J connectivity index is 1.50. The van der Waals surface area contributed by atoms with E-state index in [0.717, 1.165) is 42.5 Å². The monoisotopic (exact) mass is 465 g/mol. The zero-order valence-electron chi connectivity index (χ0n) is 18.8. The van der Waals surface area contributed by atoms with Crippen LogP contribution in [0.1, 0.15) is 48.3 Å². The van der Waals surface area contributed by atoms with Crippen LogP contribution >= 0.6 is 11.6 Å². The van der Waals surface area contributed by atoms with Gasteiger partial charge in [0, 0.05) is 36.4 Å². The molecule has 1 atom stereocenters. The van der Waals surface area contributed by atoms with Gasteiger partial charge in [-0.05, 0) is 55.5 Å². The van der Waals surface area contributed by atoms with Gasteiger partial charge in [-0.15, -0.1) is 0 Å². The van der Waals surface area contributed by atoms with Crippen molar-refractivity contribution in [2.75, 3.05) is 5.32 Å². The first kappa shape index (κ1) is 23.0. The summed E-state index contributed by atoms with van der Waals surface area (Å²) in [7, 11) is 1.71. The molecule has 8 heteroatoms. The van der Waals surface area contributed by atoms with Crippen molar-refractivity contribution in [2.45, 2.75) is 45.1 Å². The molecule has 1 aromatic carbocycles. The minimum Gasteiger partial charge on any atom is -0.339 e. The van der Waals surface area contributed by atoms with Crippen molar-refractivity contribution in [1.29, 1.82) is 0 Å². The van der Waals surface area contributed by atoms with Gasteiger partial charge in [0.2, 0.25) is 5.91 Å². The summed E-state index contributed by atoms with van der Waals surface area (Å²) in [6.07, 6.45) is 8.34. The molecule has 2 amide bonds. The standard InChI is InChI=1S/C25H28ClN5O2/c1-16-21(14-19(26)15-27-16)17-8-10-20(11-9-17)29-25(33)23(18-6-4-3-5-7-18)30-24(32)22-12-13-28-31(22)2/h8-15,18,23H,3-7H2,1-2H3,(H,29,33)(H,30,32)/t23-/m0/s1. The number of aryl methyl sites for hydroxylation is 2. The van der Waals surface area contributed by atoms with Crippen LogP contribution in [0.15, 0.2) is 48.8 Å². The van der Waals surface area contributed by atoms with Crippen LogP contribution in [-0.4, -0.2) is 32.6 Å². The number of aromatic nitrogens is 3. The van der Waals surface area contributed by atoms with Gasteiger partial charge in [-0.1, -0.05) is 43.0 Å². The number of halogens is 1. The lowest BCUT2D eigenvalue weighted by molar-refractivity contribution is -0.119. The molecule has 0 spiro atoms. The highest BCUT2D eigenvalue weighted by Crippen LogP contribution is 2.29. The summed E-state index contributed by atoms with van der Waals surface area (Å²) in [4.78, 5) is 30.4. The Hall–Kier alpha value is -3.19. The lowest BCUT2D eigenvalue weighted by atomic mass is 9.83. The highest BCUT2D eigenvalue weighted by molar-refractivity contribution is 6.30. The molecule has 0 aliphatic heterocycles. The third-order valence-electron chi connectivity index (χ3n) is 6.26. The second-order valence-electron chi connectivity index (χ2n) is 8.54. The van der Waals surface area contributed by atoms with Crippen molar-refractivity contribution in [3.63, 3.8) is 0 Å². The summed E-state index contributed by atoms with van der Waals surface area (Å²) >= 11 is 6.10. The third kappa shape index (κ3) is 5.42. The van der Waals surface area contributed by atoms with Crippen molar-refractivity contribution in [3.05, 3.63) is 65.2 Å². The van der Waals surface area contributed by atoms with E-state index in [1.54, 1.807) is 25.5 Å². The fourth-order valence-corrected chi connectivity index (χ4v) is 4.59. The zero-order chi connectivity index (χ0) is 23.4. The molecule has 1 fully saturated rings. The molecule has 4 rings (SSSR count). The van der Waals surface area contributed by atoms with Gasteiger partial charge in [-0.2, -0.15) is 5.10 Å². The normalized spacial score (nSPS) is 15.1. The number of amides is 2. The Morgan fingerprint density at radius 3 is 2.52 bits per heavy atom. The Labute approximate surface area is 198 Å². The first-order chi connectivity index (χ1) is 15.9. The summed E-state index contributed by atoms with van der Waals surface area (Å²) in [6, 6.07) is 10.5. The molecule has 0 saturated heterocycles. The molecule has 2 aromatic heterocycles. The van der Waals surface area contributed by atoms with E-state index >= 15 is 0 Å². The van der Waals surface area contributed by atoms with Crippen LogP contribution in [0.25, 0.3) is 11.1 Å². The molecule has 3 aromatic rings. The summed E-state index contributed by atoms with van der Waals surface area (Å²) < 4.78 is 1.51. The van der Waals surface area contributed by atoms with E-state index in [-0.39, 0.29) is 17.7 Å². The first-order valence-corrected chi connectivity index (χ1v) is 11.6. The van der Waals surface area contributed by atoms with Gasteiger partial charge >= 0.3 is 0 Å². The number of rotatable bonds is 6. The lowest BCUT2D eigenvalue weighted by Crippen LogP contribution is -2.49. The van der Waals surface area contributed by atoms with Crippen LogP contribution in [0.5, 0.6) is 0 Å². The molecule has 0 radical (unpaired) electrons. The molecule has 2 N–H and O–H groups in total. The van der Waals surface area contributed by atoms with Crippen LogP contribution in [0, 0.1) is 12.8 Å². The third-order valence-corrected chi connectivity index (χ3v) is 6.47. The molecular formula is C25H28ClN5O2. The maximum Gasteiger partial charge on any atom is 0.270 e. The summed E-state index contributed by atoms with van der Waals surface area (Å²) in [5, 5.41) is 10.6. The number of anilines is 1. The van der Waals surface area contributed by atoms with Crippen LogP contribution in [0.2, 0.25) is 5.02 Å². The summed E-state index contributed by atoms with van der Waals surface area (Å²) in [5.41, 5.74) is 3.90. The number of carbonyl (C=O) groups excluding carboxylic acids is 2. The highest BCUT2D eigenvalue weighted by atomic mass is 35.5. The van der Waals surface area contributed by atoms with Crippen molar-refractivity contribution in [2.24, 2.45) is 13.0 Å². The van der Waals surface area contributed by atoms with E-state index in [2.05, 4.69) is 20.7 Å². The Kier molecular flexibility index (Phi) is 7.08. The second kappa shape index (κ2) is 10.2. The smallest absolute Gasteiger partial charge is 0.270 e. The first-order valence-electron chi connectivity index (χ1n) is 11.2. The summed E-state index contributed by atoms with van der Waals surface area (Å²) in [5.74, 6) is -0.388.